The number of halogens is 1. The van der Waals surface area contributed by atoms with Crippen LogP contribution < -0.4 is 11.1 Å². The van der Waals surface area contributed by atoms with Crippen LogP contribution in [0, 0.1) is 0 Å². The van der Waals surface area contributed by atoms with Gasteiger partial charge in [0.25, 0.3) is 0 Å². The summed E-state index contributed by atoms with van der Waals surface area (Å²) in [5.41, 5.74) is 5.81. The Kier molecular flexibility index (Phi) is 5.79. The zero-order chi connectivity index (χ0) is 14.5. The van der Waals surface area contributed by atoms with E-state index in [0.29, 0.717) is 18.0 Å². The fraction of sp³-hybridized carbons (Fsp3) is 0.500. The summed E-state index contributed by atoms with van der Waals surface area (Å²) in [6.07, 6.45) is 0.549. The number of carbonyl (C=O) groups is 1. The van der Waals surface area contributed by atoms with Gasteiger partial charge in [0.2, 0.25) is 5.91 Å². The van der Waals surface area contributed by atoms with E-state index >= 15 is 0 Å². The summed E-state index contributed by atoms with van der Waals surface area (Å²) < 4.78 is 0. The minimum atomic E-state index is -0.746. The number of hydrogen-bond acceptors (Lipinski definition) is 3. The second kappa shape index (κ2) is 6.89. The molecular weight excluding hydrogens is 262 g/mol. The van der Waals surface area contributed by atoms with Gasteiger partial charge in [0.1, 0.15) is 0 Å². The van der Waals surface area contributed by atoms with Crippen LogP contribution in [0.15, 0.2) is 24.3 Å². The second-order valence-corrected chi connectivity index (χ2v) is 5.67. The van der Waals surface area contributed by atoms with Crippen LogP contribution >= 0.6 is 11.6 Å². The lowest BCUT2D eigenvalue weighted by molar-refractivity contribution is -0.123. The molecule has 5 heteroatoms. The van der Waals surface area contributed by atoms with Gasteiger partial charge in [-0.1, -0.05) is 23.7 Å². The van der Waals surface area contributed by atoms with Gasteiger partial charge in [-0.05, 0) is 45.1 Å². The van der Waals surface area contributed by atoms with Gasteiger partial charge in [-0.3, -0.25) is 4.79 Å². The van der Waals surface area contributed by atoms with E-state index in [1.54, 1.807) is 0 Å². The summed E-state index contributed by atoms with van der Waals surface area (Å²) in [4.78, 5) is 13.7. The Morgan fingerprint density at radius 1 is 1.37 bits per heavy atom. The highest BCUT2D eigenvalue weighted by molar-refractivity contribution is 6.30. The van der Waals surface area contributed by atoms with E-state index in [9.17, 15) is 4.79 Å². The smallest absolute Gasteiger partial charge is 0.237 e. The predicted octanol–water partition coefficient (Wildman–Crippen LogP) is 1.28. The third-order valence-corrected chi connectivity index (χ3v) is 3.34. The molecule has 0 fully saturated rings. The zero-order valence-electron chi connectivity index (χ0n) is 11.7. The molecule has 106 valence electrons. The fourth-order valence-corrected chi connectivity index (χ4v) is 1.93. The molecule has 0 aliphatic carbocycles. The van der Waals surface area contributed by atoms with Gasteiger partial charge in [-0.25, -0.2) is 0 Å². The van der Waals surface area contributed by atoms with E-state index in [1.807, 2.05) is 45.3 Å². The van der Waals surface area contributed by atoms with Crippen molar-refractivity contribution in [1.82, 2.24) is 10.2 Å². The maximum Gasteiger partial charge on any atom is 0.237 e. The predicted molar refractivity (Wildman–Crippen MR) is 79.3 cm³/mol. The molecular formula is C14H22ClN3O. The first-order valence-electron chi connectivity index (χ1n) is 6.27. The summed E-state index contributed by atoms with van der Waals surface area (Å²) in [6.45, 7) is 3.39. The topological polar surface area (TPSA) is 58.4 Å². The summed E-state index contributed by atoms with van der Waals surface area (Å²) in [5.74, 6) is -0.346. The number of nitrogens with one attached hydrogen (secondary N) is 1. The fourth-order valence-electron chi connectivity index (χ4n) is 1.80. The van der Waals surface area contributed by atoms with Gasteiger partial charge in [0.05, 0.1) is 5.54 Å². The third kappa shape index (κ3) is 5.19. The number of rotatable bonds is 7. The van der Waals surface area contributed by atoms with E-state index < -0.39 is 5.54 Å². The highest BCUT2D eigenvalue weighted by Crippen LogP contribution is 2.16. The molecule has 0 aliphatic rings. The lowest BCUT2D eigenvalue weighted by Gasteiger charge is -2.28. The van der Waals surface area contributed by atoms with Gasteiger partial charge in [0, 0.05) is 18.1 Å². The molecule has 4 nitrogen and oxygen atoms in total. The van der Waals surface area contributed by atoms with Gasteiger partial charge in [-0.15, -0.1) is 0 Å². The standard InChI is InChI=1S/C14H22ClN3O/c1-14(13(16)19,17-8-9-18(2)3)10-11-4-6-12(15)7-5-11/h4-7,17H,8-10H2,1-3H3,(H2,16,19). The minimum Gasteiger partial charge on any atom is -0.368 e. The van der Waals surface area contributed by atoms with Gasteiger partial charge >= 0.3 is 0 Å². The molecule has 0 radical (unpaired) electrons. The van der Waals surface area contributed by atoms with Crippen molar-refractivity contribution < 1.29 is 4.79 Å². The lowest BCUT2D eigenvalue weighted by Crippen LogP contribution is -2.56. The largest absolute Gasteiger partial charge is 0.368 e. The van der Waals surface area contributed by atoms with Gasteiger partial charge < -0.3 is 16.0 Å². The summed E-state index contributed by atoms with van der Waals surface area (Å²) in [6, 6.07) is 7.46. The Hall–Kier alpha value is -1.10. The number of nitrogens with two attached hydrogens (primary N) is 1. The molecule has 1 aromatic carbocycles. The number of amides is 1. The van der Waals surface area contributed by atoms with Crippen molar-refractivity contribution in [1.29, 1.82) is 0 Å². The van der Waals surface area contributed by atoms with E-state index in [-0.39, 0.29) is 5.91 Å². The van der Waals surface area contributed by atoms with Crippen LogP contribution in [0.4, 0.5) is 0 Å². The molecule has 0 bridgehead atoms. The third-order valence-electron chi connectivity index (χ3n) is 3.09. The summed E-state index contributed by atoms with van der Waals surface area (Å²) >= 11 is 5.85. The van der Waals surface area contributed by atoms with Crippen LogP contribution in [0.5, 0.6) is 0 Å². The summed E-state index contributed by atoms with van der Waals surface area (Å²) in [5, 5.41) is 3.93. The van der Waals surface area contributed by atoms with Crippen molar-refractivity contribution in [2.24, 2.45) is 5.73 Å². The maximum absolute atomic E-state index is 11.7. The van der Waals surface area contributed by atoms with Crippen molar-refractivity contribution in [2.45, 2.75) is 18.9 Å². The van der Waals surface area contributed by atoms with Crippen LogP contribution in [-0.2, 0) is 11.2 Å². The average Bonchev–Trinajstić information content (AvgIpc) is 2.31. The molecule has 1 amide bonds. The average molecular weight is 284 g/mol. The Morgan fingerprint density at radius 3 is 2.42 bits per heavy atom. The van der Waals surface area contributed by atoms with Crippen LogP contribution in [0.25, 0.3) is 0 Å². The normalized spacial score (nSPS) is 14.4. The van der Waals surface area contributed by atoms with Crippen molar-refractivity contribution in [3.63, 3.8) is 0 Å². The zero-order valence-corrected chi connectivity index (χ0v) is 12.5. The first kappa shape index (κ1) is 16.0. The molecule has 19 heavy (non-hydrogen) atoms. The molecule has 1 rings (SSSR count). The first-order valence-corrected chi connectivity index (χ1v) is 6.65. The molecule has 0 heterocycles. The van der Waals surface area contributed by atoms with Gasteiger partial charge in [-0.2, -0.15) is 0 Å². The molecule has 0 spiro atoms. The van der Waals surface area contributed by atoms with Crippen LogP contribution in [0.2, 0.25) is 5.02 Å². The molecule has 1 atom stereocenters. The Labute approximate surface area is 119 Å². The highest BCUT2D eigenvalue weighted by atomic mass is 35.5. The second-order valence-electron chi connectivity index (χ2n) is 5.23. The number of hydrogen-bond donors (Lipinski definition) is 2. The SMILES string of the molecule is CN(C)CCNC(C)(Cc1ccc(Cl)cc1)C(N)=O. The molecule has 1 aromatic rings. The van der Waals surface area contributed by atoms with E-state index in [1.165, 1.54) is 0 Å². The number of primary amides is 1. The first-order chi connectivity index (χ1) is 8.83. The van der Waals surface area contributed by atoms with Crippen molar-refractivity contribution in [2.75, 3.05) is 27.2 Å². The quantitative estimate of drug-likeness (QED) is 0.792. The van der Waals surface area contributed by atoms with Gasteiger partial charge in [0.15, 0.2) is 0 Å². The molecule has 0 aliphatic heterocycles. The molecule has 0 saturated carbocycles. The van der Waals surface area contributed by atoms with Crippen molar-refractivity contribution in [3.05, 3.63) is 34.9 Å². The number of likely N-dealkylation sites (N-methyl/N-ethyl adjacent to an activating group) is 1. The lowest BCUT2D eigenvalue weighted by atomic mass is 9.92. The van der Waals surface area contributed by atoms with E-state index in [0.717, 1.165) is 12.1 Å². The number of carbonyl (C=O) groups excluding carboxylic acids is 1. The molecule has 1 unspecified atom stereocenters. The van der Waals surface area contributed by atoms with Crippen molar-refractivity contribution >= 4 is 17.5 Å². The summed E-state index contributed by atoms with van der Waals surface area (Å²) in [7, 11) is 3.98. The molecule has 0 aromatic heterocycles. The monoisotopic (exact) mass is 283 g/mol. The van der Waals surface area contributed by atoms with E-state index in [2.05, 4.69) is 10.2 Å². The number of nitrogens with zero attached hydrogens (tertiary/aromatic N) is 1. The van der Waals surface area contributed by atoms with Crippen LogP contribution in [-0.4, -0.2) is 43.5 Å². The molecule has 0 saturated heterocycles. The minimum absolute atomic E-state index is 0.346. The Morgan fingerprint density at radius 2 is 1.95 bits per heavy atom. The number of benzene rings is 1. The Balaban J connectivity index is 2.70. The van der Waals surface area contributed by atoms with Crippen LogP contribution in [0.3, 0.4) is 0 Å². The highest BCUT2D eigenvalue weighted by Gasteiger charge is 2.30. The van der Waals surface area contributed by atoms with E-state index in [4.69, 9.17) is 17.3 Å². The molecule has 3 N–H and O–H groups in total. The van der Waals surface area contributed by atoms with Crippen LogP contribution in [0.1, 0.15) is 12.5 Å². The maximum atomic E-state index is 11.7. The van der Waals surface area contributed by atoms with Crippen molar-refractivity contribution in [3.8, 4) is 0 Å². The Bertz CT molecular complexity index is 419.